The normalized spacial score (nSPS) is 16.6. The number of fused-ring (bicyclic) bond motifs is 4. The van der Waals surface area contributed by atoms with Crippen LogP contribution in [0.5, 0.6) is 0 Å². The summed E-state index contributed by atoms with van der Waals surface area (Å²) in [7, 11) is 0. The van der Waals surface area contributed by atoms with E-state index in [0.717, 1.165) is 6.42 Å². The Balaban J connectivity index is 0.00000230. The van der Waals surface area contributed by atoms with Crippen molar-refractivity contribution >= 4 is 12.0 Å². The van der Waals surface area contributed by atoms with Crippen molar-refractivity contribution < 1.29 is 47.2 Å². The Labute approximate surface area is 297 Å². The van der Waals surface area contributed by atoms with Gasteiger partial charge < -0.3 is 24.8 Å². The molecule has 0 amide bonds. The van der Waals surface area contributed by atoms with Crippen LogP contribution in [0.25, 0.3) is 28.3 Å². The van der Waals surface area contributed by atoms with E-state index in [0.29, 0.717) is 9.54 Å². The molecule has 45 heavy (non-hydrogen) atoms. The molecule has 0 N–H and O–H groups in total. The molecule has 0 saturated heterocycles. The molecular weight excluding hydrogens is 683 g/mol. The molecule has 0 fully saturated rings. The molecule has 4 heteroatoms. The third-order valence-corrected chi connectivity index (χ3v) is 19.3. The molecule has 4 aromatic rings. The molecule has 2 unspecified atom stereocenters. The second-order valence-electron chi connectivity index (χ2n) is 15.2. The van der Waals surface area contributed by atoms with E-state index in [2.05, 4.69) is 146 Å². The Morgan fingerprint density at radius 3 is 1.96 bits per heavy atom. The van der Waals surface area contributed by atoms with E-state index in [9.17, 15) is 0 Å². The van der Waals surface area contributed by atoms with Gasteiger partial charge in [-0.05, 0) is 0 Å². The minimum atomic E-state index is -0.677. The van der Waals surface area contributed by atoms with E-state index in [1.807, 2.05) is 0 Å². The summed E-state index contributed by atoms with van der Waals surface area (Å²) < 4.78 is 0.655. The molecule has 0 radical (unpaired) electrons. The van der Waals surface area contributed by atoms with Gasteiger partial charge in [0, 0.05) is 0 Å². The van der Waals surface area contributed by atoms with Crippen molar-refractivity contribution in [2.45, 2.75) is 94.8 Å². The Hall–Kier alpha value is -1.70. The second-order valence-corrected chi connectivity index (χ2v) is 30.2. The summed E-state index contributed by atoms with van der Waals surface area (Å²) in [5, 5.41) is 0. The summed E-state index contributed by atoms with van der Waals surface area (Å²) in [6, 6.07) is 30.9. The molecule has 0 bridgehead atoms. The van der Waals surface area contributed by atoms with Gasteiger partial charge in [0.25, 0.3) is 0 Å². The van der Waals surface area contributed by atoms with Crippen molar-refractivity contribution in [2.75, 3.05) is 0 Å². The first-order chi connectivity index (χ1) is 20.4. The molecule has 0 heterocycles. The summed E-state index contributed by atoms with van der Waals surface area (Å²) in [5.41, 5.74) is 18.4. The van der Waals surface area contributed by atoms with Crippen LogP contribution in [0.3, 0.4) is 0 Å². The molecule has 2 atom stereocenters. The minimum absolute atomic E-state index is 0. The van der Waals surface area contributed by atoms with Crippen molar-refractivity contribution in [3.63, 3.8) is 0 Å². The van der Waals surface area contributed by atoms with Gasteiger partial charge in [-0.25, -0.2) is 0 Å². The van der Waals surface area contributed by atoms with E-state index < -0.39 is 28.3 Å². The average molecular weight is 731 g/mol. The standard InChI is InChI=1S/C39H41.C2H7Si.2ClH.Zr/c1-8-13-27-21-33-30(25-14-10-9-11-15-25)16-12-17-31(33)37(27)36-24-29(39(5,6)7)23-35-32-22-28(38(2,3)4)19-18-26(32)20-34(35)36;1-3-2;;;/h9-12,14-24,37H,8,13H2,1-7H3;3H,1-2H3;2*1H;/q;;;;+2/p-2. The molecule has 2 aliphatic carbocycles. The summed E-state index contributed by atoms with van der Waals surface area (Å²) in [6.07, 6.45) is 4.90. The van der Waals surface area contributed by atoms with Crippen LogP contribution >= 0.6 is 0 Å². The zero-order chi connectivity index (χ0) is 30.7. The number of allylic oxidation sites excluding steroid dienone is 1. The van der Waals surface area contributed by atoms with Crippen LogP contribution in [-0.2, 0) is 33.2 Å². The summed E-state index contributed by atoms with van der Waals surface area (Å²) in [4.78, 5) is 0. The van der Waals surface area contributed by atoms with Gasteiger partial charge in [-0.3, -0.25) is 0 Å². The average Bonchev–Trinajstić information content (AvgIpc) is 3.47. The third-order valence-electron chi connectivity index (χ3n) is 9.47. The topological polar surface area (TPSA) is 0 Å². The first-order valence-corrected chi connectivity index (χ1v) is 24.9. The largest absolute Gasteiger partial charge is 1.00 e. The quantitative estimate of drug-likeness (QED) is 0.233. The molecule has 0 aliphatic heterocycles. The maximum atomic E-state index is 2.65. The number of benzene rings is 4. The molecule has 234 valence electrons. The second kappa shape index (κ2) is 13.8. The predicted octanol–water partition coefficient (Wildman–Crippen LogP) is 5.42. The third kappa shape index (κ3) is 6.83. The first-order valence-electron chi connectivity index (χ1n) is 16.4. The minimum Gasteiger partial charge on any atom is -1.00 e. The summed E-state index contributed by atoms with van der Waals surface area (Å²) >= 11 is -0.625. The van der Waals surface area contributed by atoms with Gasteiger partial charge >= 0.3 is 275 Å². The van der Waals surface area contributed by atoms with Crippen molar-refractivity contribution in [1.82, 2.24) is 0 Å². The maximum absolute atomic E-state index is 2.65. The van der Waals surface area contributed by atoms with Gasteiger partial charge in [-0.1, -0.05) is 0 Å². The SMILES string of the molecule is CCCC1=Cc2c(-c3ccccc3)cccc2C1c1cc(C(C)(C)C)cc2c1[CH]([Zr+2][SiH](C)C)c1ccc(C(C)(C)C)cc1-2.[Cl-].[Cl-]. The van der Waals surface area contributed by atoms with Crippen LogP contribution in [0.1, 0.15) is 110 Å². The fraction of sp³-hybridized carbons (Fsp3) is 0.366. The van der Waals surface area contributed by atoms with Gasteiger partial charge in [-0.15, -0.1) is 0 Å². The fourth-order valence-corrected chi connectivity index (χ4v) is 17.2. The number of rotatable bonds is 6. The molecule has 0 saturated carbocycles. The van der Waals surface area contributed by atoms with Crippen LogP contribution in [-0.4, -0.2) is 5.92 Å². The monoisotopic (exact) mass is 728 g/mol. The van der Waals surface area contributed by atoms with Crippen LogP contribution in [0, 0.1) is 0 Å². The van der Waals surface area contributed by atoms with Crippen molar-refractivity contribution in [2.24, 2.45) is 0 Å². The zero-order valence-electron chi connectivity index (χ0n) is 28.5. The van der Waals surface area contributed by atoms with E-state index in [4.69, 9.17) is 0 Å². The van der Waals surface area contributed by atoms with Crippen molar-refractivity contribution in [3.8, 4) is 22.3 Å². The van der Waals surface area contributed by atoms with E-state index >= 15 is 0 Å². The molecule has 0 spiro atoms. The Morgan fingerprint density at radius 2 is 1.33 bits per heavy atom. The van der Waals surface area contributed by atoms with Crippen molar-refractivity contribution in [1.29, 1.82) is 0 Å². The van der Waals surface area contributed by atoms with Crippen LogP contribution in [0.15, 0.2) is 84.4 Å². The number of hydrogen-bond acceptors (Lipinski definition) is 0. The van der Waals surface area contributed by atoms with Crippen molar-refractivity contribution in [3.05, 3.63) is 123 Å². The van der Waals surface area contributed by atoms with Gasteiger partial charge in [0.05, 0.1) is 0 Å². The Morgan fingerprint density at radius 1 is 0.667 bits per heavy atom. The number of hydrogen-bond donors (Lipinski definition) is 0. The molecule has 0 nitrogen and oxygen atoms in total. The van der Waals surface area contributed by atoms with Crippen LogP contribution < -0.4 is 24.8 Å². The molecular formula is C41H48Cl2SiZr. The van der Waals surface area contributed by atoms with Crippen LogP contribution in [0.4, 0.5) is 0 Å². The molecule has 6 rings (SSSR count). The van der Waals surface area contributed by atoms with Crippen LogP contribution in [0.2, 0.25) is 13.1 Å². The smallest absolute Gasteiger partial charge is 1.00 e. The molecule has 0 aromatic heterocycles. The van der Waals surface area contributed by atoms with Gasteiger partial charge in [-0.2, -0.15) is 0 Å². The first kappa shape index (κ1) is 36.1. The molecule has 4 aromatic carbocycles. The maximum Gasteiger partial charge on any atom is -1.00 e. The van der Waals surface area contributed by atoms with E-state index in [1.54, 1.807) is 27.8 Å². The van der Waals surface area contributed by atoms with Gasteiger partial charge in [0.2, 0.25) is 0 Å². The summed E-state index contributed by atoms with van der Waals surface area (Å²) in [6.45, 7) is 21.8. The molecule has 2 aliphatic rings. The number of halogens is 2. The fourth-order valence-electron chi connectivity index (χ4n) is 7.27. The zero-order valence-corrected chi connectivity index (χ0v) is 33.6. The Kier molecular flexibility index (Phi) is 11.1. The van der Waals surface area contributed by atoms with E-state index in [1.165, 1.54) is 45.4 Å². The Bertz CT molecular complexity index is 1710. The van der Waals surface area contributed by atoms with Gasteiger partial charge in [0.1, 0.15) is 0 Å². The van der Waals surface area contributed by atoms with Gasteiger partial charge in [0.15, 0.2) is 0 Å². The predicted molar refractivity (Wildman–Crippen MR) is 187 cm³/mol. The van der Waals surface area contributed by atoms with E-state index in [-0.39, 0.29) is 35.6 Å². The summed E-state index contributed by atoms with van der Waals surface area (Å²) in [5.74, 6) is -0.342.